The Morgan fingerprint density at radius 3 is 2.88 bits per heavy atom. The highest BCUT2D eigenvalue weighted by molar-refractivity contribution is 7.07. The molecule has 6 heteroatoms. The lowest BCUT2D eigenvalue weighted by molar-refractivity contribution is 0.198. The molecule has 2 aromatic heterocycles. The predicted molar refractivity (Wildman–Crippen MR) is 105 cm³/mol. The van der Waals surface area contributed by atoms with Crippen molar-refractivity contribution in [2.24, 2.45) is 4.99 Å². The molecular formula is C19H27N5S. The van der Waals surface area contributed by atoms with Gasteiger partial charge in [0.15, 0.2) is 5.96 Å². The van der Waals surface area contributed by atoms with Gasteiger partial charge in [0.2, 0.25) is 0 Å². The molecule has 0 amide bonds. The Morgan fingerprint density at radius 1 is 1.36 bits per heavy atom. The van der Waals surface area contributed by atoms with E-state index in [4.69, 9.17) is 0 Å². The Morgan fingerprint density at radius 2 is 2.20 bits per heavy atom. The number of piperidine rings is 1. The van der Waals surface area contributed by atoms with E-state index >= 15 is 0 Å². The van der Waals surface area contributed by atoms with Gasteiger partial charge in [-0.25, -0.2) is 0 Å². The quantitative estimate of drug-likeness (QED) is 0.638. The number of nitrogens with zero attached hydrogens (tertiary/aromatic N) is 3. The maximum Gasteiger partial charge on any atom is 0.191 e. The zero-order valence-corrected chi connectivity index (χ0v) is 15.9. The Balaban J connectivity index is 1.43. The number of pyridine rings is 1. The van der Waals surface area contributed by atoms with E-state index in [-0.39, 0.29) is 0 Å². The van der Waals surface area contributed by atoms with Gasteiger partial charge in [0.05, 0.1) is 12.2 Å². The molecule has 0 aliphatic carbocycles. The fourth-order valence-corrected chi connectivity index (χ4v) is 3.79. The Bertz CT molecular complexity index is 675. The Hall–Kier alpha value is -1.92. The molecule has 1 fully saturated rings. The average Bonchev–Trinajstić information content (AvgIpc) is 3.14. The molecule has 0 spiro atoms. The normalized spacial score (nSPS) is 16.8. The highest BCUT2D eigenvalue weighted by Crippen LogP contribution is 2.15. The van der Waals surface area contributed by atoms with Crippen LogP contribution in [0.2, 0.25) is 0 Å². The van der Waals surface area contributed by atoms with E-state index in [1.54, 1.807) is 11.3 Å². The minimum atomic E-state index is 0.481. The van der Waals surface area contributed by atoms with Crippen LogP contribution in [0, 0.1) is 6.92 Å². The fraction of sp³-hybridized carbons (Fsp3) is 0.474. The smallest absolute Gasteiger partial charge is 0.191 e. The second-order valence-corrected chi connectivity index (χ2v) is 7.30. The van der Waals surface area contributed by atoms with Crippen LogP contribution >= 0.6 is 11.3 Å². The molecule has 1 saturated heterocycles. The van der Waals surface area contributed by atoms with Gasteiger partial charge in [0.25, 0.3) is 0 Å². The number of nitrogens with one attached hydrogen (secondary N) is 2. The number of hydrogen-bond donors (Lipinski definition) is 2. The number of hydrogen-bond acceptors (Lipinski definition) is 4. The minimum absolute atomic E-state index is 0.481. The van der Waals surface area contributed by atoms with E-state index in [1.165, 1.54) is 11.1 Å². The summed E-state index contributed by atoms with van der Waals surface area (Å²) in [4.78, 5) is 11.3. The van der Waals surface area contributed by atoms with Crippen molar-refractivity contribution < 1.29 is 0 Å². The summed E-state index contributed by atoms with van der Waals surface area (Å²) >= 11 is 1.78. The highest BCUT2D eigenvalue weighted by Gasteiger charge is 2.20. The van der Waals surface area contributed by atoms with Crippen molar-refractivity contribution in [3.63, 3.8) is 0 Å². The number of likely N-dealkylation sites (tertiary alicyclic amines) is 1. The molecule has 0 aromatic carbocycles. The summed E-state index contributed by atoms with van der Waals surface area (Å²) in [6.45, 7) is 6.11. The summed E-state index contributed by atoms with van der Waals surface area (Å²) < 4.78 is 0. The summed E-state index contributed by atoms with van der Waals surface area (Å²) in [5, 5.41) is 11.3. The van der Waals surface area contributed by atoms with Crippen LogP contribution in [0.1, 0.15) is 29.7 Å². The van der Waals surface area contributed by atoms with Crippen LogP contribution in [0.4, 0.5) is 0 Å². The number of aliphatic imine (C=N–C) groups is 1. The van der Waals surface area contributed by atoms with Gasteiger partial charge in [-0.1, -0.05) is 6.07 Å². The maximum atomic E-state index is 4.43. The lowest BCUT2D eigenvalue weighted by atomic mass is 10.0. The molecule has 0 saturated carbocycles. The standard InChI is InChI=1S/C19H27N5S/c1-15-4-3-8-21-18(15)12-22-19(20-2)23-17-5-9-24(10-6-17)13-16-7-11-25-14-16/h3-4,7-8,11,14,17H,5-6,9-10,12-13H2,1-2H3,(H2,20,22,23). The summed E-state index contributed by atoms with van der Waals surface area (Å²) in [6, 6.07) is 6.76. The minimum Gasteiger partial charge on any atom is -0.354 e. The SMILES string of the molecule is CN=C(NCc1ncccc1C)NC1CCN(Cc2ccsc2)CC1. The van der Waals surface area contributed by atoms with E-state index in [9.17, 15) is 0 Å². The second kappa shape index (κ2) is 8.97. The summed E-state index contributed by atoms with van der Waals surface area (Å²) in [5.74, 6) is 0.862. The number of guanidine groups is 1. The molecule has 0 atom stereocenters. The van der Waals surface area contributed by atoms with Crippen LogP contribution in [-0.4, -0.2) is 42.0 Å². The Kier molecular flexibility index (Phi) is 6.42. The molecule has 25 heavy (non-hydrogen) atoms. The first kappa shape index (κ1) is 17.9. The number of thiophene rings is 1. The molecule has 1 aliphatic rings. The van der Waals surface area contributed by atoms with E-state index in [1.807, 2.05) is 19.3 Å². The number of aromatic nitrogens is 1. The zero-order chi connectivity index (χ0) is 17.5. The van der Waals surface area contributed by atoms with Crippen molar-refractivity contribution in [1.82, 2.24) is 20.5 Å². The van der Waals surface area contributed by atoms with Crippen molar-refractivity contribution in [2.75, 3.05) is 20.1 Å². The second-order valence-electron chi connectivity index (χ2n) is 6.52. The monoisotopic (exact) mass is 357 g/mol. The highest BCUT2D eigenvalue weighted by atomic mass is 32.1. The molecule has 5 nitrogen and oxygen atoms in total. The first-order valence-electron chi connectivity index (χ1n) is 8.85. The van der Waals surface area contributed by atoms with Gasteiger partial charge in [0, 0.05) is 38.9 Å². The van der Waals surface area contributed by atoms with E-state index in [0.29, 0.717) is 12.6 Å². The molecule has 0 unspecified atom stereocenters. The average molecular weight is 358 g/mol. The topological polar surface area (TPSA) is 52.6 Å². The van der Waals surface area contributed by atoms with Gasteiger partial charge in [-0.15, -0.1) is 0 Å². The molecule has 3 rings (SSSR count). The zero-order valence-electron chi connectivity index (χ0n) is 15.0. The van der Waals surface area contributed by atoms with Crippen molar-refractivity contribution in [3.8, 4) is 0 Å². The van der Waals surface area contributed by atoms with Gasteiger partial charge in [0.1, 0.15) is 0 Å². The van der Waals surface area contributed by atoms with Gasteiger partial charge >= 0.3 is 0 Å². The molecule has 3 heterocycles. The lowest BCUT2D eigenvalue weighted by Gasteiger charge is -2.32. The number of aryl methyl sites for hydroxylation is 1. The van der Waals surface area contributed by atoms with Crippen molar-refractivity contribution in [3.05, 3.63) is 52.0 Å². The van der Waals surface area contributed by atoms with Gasteiger partial charge < -0.3 is 10.6 Å². The third kappa shape index (κ3) is 5.28. The largest absolute Gasteiger partial charge is 0.354 e. The van der Waals surface area contributed by atoms with Gasteiger partial charge in [-0.05, 0) is 53.8 Å². The van der Waals surface area contributed by atoms with Crippen LogP contribution in [0.15, 0.2) is 40.1 Å². The van der Waals surface area contributed by atoms with Crippen molar-refractivity contribution in [1.29, 1.82) is 0 Å². The van der Waals surface area contributed by atoms with Crippen LogP contribution in [-0.2, 0) is 13.1 Å². The van der Waals surface area contributed by atoms with Crippen LogP contribution in [0.3, 0.4) is 0 Å². The molecule has 1 aliphatic heterocycles. The van der Waals surface area contributed by atoms with Crippen LogP contribution in [0.5, 0.6) is 0 Å². The summed E-state index contributed by atoms with van der Waals surface area (Å²) in [5.41, 5.74) is 3.70. The van der Waals surface area contributed by atoms with E-state index in [0.717, 1.165) is 44.1 Å². The molecule has 0 radical (unpaired) electrons. The summed E-state index contributed by atoms with van der Waals surface area (Å²) in [6.07, 6.45) is 4.13. The van der Waals surface area contributed by atoms with Crippen LogP contribution in [0.25, 0.3) is 0 Å². The third-order valence-electron chi connectivity index (χ3n) is 4.68. The van der Waals surface area contributed by atoms with Gasteiger partial charge in [-0.2, -0.15) is 11.3 Å². The Labute approximate surface area is 154 Å². The van der Waals surface area contributed by atoms with E-state index < -0.39 is 0 Å². The van der Waals surface area contributed by atoms with Crippen molar-refractivity contribution in [2.45, 2.75) is 38.9 Å². The summed E-state index contributed by atoms with van der Waals surface area (Å²) in [7, 11) is 1.83. The predicted octanol–water partition coefficient (Wildman–Crippen LogP) is 2.78. The molecule has 2 aromatic rings. The van der Waals surface area contributed by atoms with Crippen molar-refractivity contribution >= 4 is 17.3 Å². The molecule has 2 N–H and O–H groups in total. The molecule has 134 valence electrons. The van der Waals surface area contributed by atoms with E-state index in [2.05, 4.69) is 55.3 Å². The molecule has 0 bridgehead atoms. The first-order chi connectivity index (χ1) is 12.2. The van der Waals surface area contributed by atoms with Gasteiger partial charge in [-0.3, -0.25) is 14.9 Å². The lowest BCUT2D eigenvalue weighted by Crippen LogP contribution is -2.48. The molecular weight excluding hydrogens is 330 g/mol. The third-order valence-corrected chi connectivity index (χ3v) is 5.41. The van der Waals surface area contributed by atoms with Crippen LogP contribution < -0.4 is 10.6 Å². The fourth-order valence-electron chi connectivity index (χ4n) is 3.14. The number of rotatable bonds is 5. The first-order valence-corrected chi connectivity index (χ1v) is 9.80. The maximum absolute atomic E-state index is 4.43.